The smallest absolute Gasteiger partial charge is 0.316 e. The third kappa shape index (κ3) is 5.45. The van der Waals surface area contributed by atoms with E-state index >= 15 is 0 Å². The van der Waals surface area contributed by atoms with Gasteiger partial charge in [0.2, 0.25) is 0 Å². The highest BCUT2D eigenvalue weighted by molar-refractivity contribution is 8.00. The molecule has 0 aliphatic rings. The van der Waals surface area contributed by atoms with E-state index in [0.717, 1.165) is 23.5 Å². The molecular weight excluding hydrogens is 272 g/mol. The lowest BCUT2D eigenvalue weighted by molar-refractivity contribution is -0.137. The van der Waals surface area contributed by atoms with Gasteiger partial charge in [-0.2, -0.15) is 0 Å². The third-order valence-corrected chi connectivity index (χ3v) is 4.67. The fraction of sp³-hybridized carbons (Fsp3) is 0.562. The van der Waals surface area contributed by atoms with Gasteiger partial charge in [-0.25, -0.2) is 0 Å². The Hall–Kier alpha value is -1.16. The molecule has 0 saturated heterocycles. The van der Waals surface area contributed by atoms with E-state index in [4.69, 9.17) is 9.84 Å². The molecule has 1 aromatic rings. The lowest BCUT2D eigenvalue weighted by Crippen LogP contribution is -2.23. The predicted molar refractivity (Wildman–Crippen MR) is 84.7 cm³/mol. The summed E-state index contributed by atoms with van der Waals surface area (Å²) >= 11 is 1.50. The molecule has 1 N–H and O–H groups in total. The SMILES string of the molecule is Cc1ccc(C)c(OCCCSC(C(=O)O)C(C)C)c1. The van der Waals surface area contributed by atoms with Crippen LogP contribution in [0.2, 0.25) is 0 Å². The standard InChI is InChI=1S/C16H24O3S/c1-11(2)15(16(17)18)20-9-5-8-19-14-10-12(3)6-7-13(14)4/h6-7,10-11,15H,5,8-9H2,1-4H3,(H,17,18). The van der Waals surface area contributed by atoms with Crippen LogP contribution in [0, 0.1) is 19.8 Å². The van der Waals surface area contributed by atoms with Crippen LogP contribution in [0.5, 0.6) is 5.75 Å². The van der Waals surface area contributed by atoms with Gasteiger partial charge in [-0.1, -0.05) is 26.0 Å². The zero-order valence-corrected chi connectivity index (χ0v) is 13.5. The van der Waals surface area contributed by atoms with Crippen molar-refractivity contribution < 1.29 is 14.6 Å². The van der Waals surface area contributed by atoms with Gasteiger partial charge >= 0.3 is 5.97 Å². The zero-order chi connectivity index (χ0) is 15.1. The number of rotatable bonds is 8. The Morgan fingerprint density at radius 2 is 2.05 bits per heavy atom. The minimum atomic E-state index is -0.722. The average Bonchev–Trinajstić information content (AvgIpc) is 2.36. The Morgan fingerprint density at radius 1 is 1.35 bits per heavy atom. The van der Waals surface area contributed by atoms with E-state index in [9.17, 15) is 4.79 Å². The Kier molecular flexibility index (Phi) is 6.93. The Labute approximate surface area is 125 Å². The fourth-order valence-corrected chi connectivity index (χ4v) is 2.93. The second-order valence-electron chi connectivity index (χ2n) is 5.34. The van der Waals surface area contributed by atoms with Crippen LogP contribution >= 0.6 is 11.8 Å². The number of aliphatic carboxylic acids is 1. The van der Waals surface area contributed by atoms with Crippen LogP contribution in [-0.4, -0.2) is 28.7 Å². The number of hydrogen-bond donors (Lipinski definition) is 1. The van der Waals surface area contributed by atoms with Gasteiger partial charge in [0.15, 0.2) is 0 Å². The monoisotopic (exact) mass is 296 g/mol. The molecule has 0 aliphatic heterocycles. The number of thioether (sulfide) groups is 1. The predicted octanol–water partition coefficient (Wildman–Crippen LogP) is 3.91. The van der Waals surface area contributed by atoms with Gasteiger partial charge in [-0.3, -0.25) is 4.79 Å². The first-order chi connectivity index (χ1) is 9.41. The largest absolute Gasteiger partial charge is 0.493 e. The van der Waals surface area contributed by atoms with Crippen LogP contribution in [-0.2, 0) is 4.79 Å². The first-order valence-corrected chi connectivity index (χ1v) is 8.01. The second kappa shape index (κ2) is 8.20. The van der Waals surface area contributed by atoms with Crippen LogP contribution in [0.25, 0.3) is 0 Å². The summed E-state index contributed by atoms with van der Waals surface area (Å²) < 4.78 is 5.76. The van der Waals surface area contributed by atoms with Crippen molar-refractivity contribution in [3.8, 4) is 5.75 Å². The van der Waals surface area contributed by atoms with Crippen molar-refractivity contribution >= 4 is 17.7 Å². The summed E-state index contributed by atoms with van der Waals surface area (Å²) in [5.41, 5.74) is 2.32. The highest BCUT2D eigenvalue weighted by atomic mass is 32.2. The Bertz CT molecular complexity index is 443. The van der Waals surface area contributed by atoms with Crippen molar-refractivity contribution in [2.45, 2.75) is 39.4 Å². The lowest BCUT2D eigenvalue weighted by Gasteiger charge is -2.15. The number of carbonyl (C=O) groups is 1. The summed E-state index contributed by atoms with van der Waals surface area (Å²) in [4.78, 5) is 11.1. The van der Waals surface area contributed by atoms with Crippen molar-refractivity contribution in [1.82, 2.24) is 0 Å². The molecule has 0 spiro atoms. The maximum absolute atomic E-state index is 11.1. The topological polar surface area (TPSA) is 46.5 Å². The molecule has 1 atom stereocenters. The molecule has 0 radical (unpaired) electrons. The van der Waals surface area contributed by atoms with Crippen LogP contribution in [0.3, 0.4) is 0 Å². The lowest BCUT2D eigenvalue weighted by atomic mass is 10.1. The maximum atomic E-state index is 11.1. The van der Waals surface area contributed by atoms with Gasteiger partial charge in [0.1, 0.15) is 11.0 Å². The molecule has 0 aliphatic carbocycles. The fourth-order valence-electron chi connectivity index (χ4n) is 1.86. The van der Waals surface area contributed by atoms with Gasteiger partial charge in [-0.05, 0) is 49.1 Å². The summed E-state index contributed by atoms with van der Waals surface area (Å²) in [6.07, 6.45) is 0.856. The maximum Gasteiger partial charge on any atom is 0.316 e. The van der Waals surface area contributed by atoms with Crippen molar-refractivity contribution in [3.05, 3.63) is 29.3 Å². The molecule has 1 unspecified atom stereocenters. The van der Waals surface area contributed by atoms with Crippen molar-refractivity contribution in [2.75, 3.05) is 12.4 Å². The number of aryl methyl sites for hydroxylation is 2. The molecule has 112 valence electrons. The summed E-state index contributed by atoms with van der Waals surface area (Å²) in [6.45, 7) is 8.59. The highest BCUT2D eigenvalue weighted by Gasteiger charge is 2.21. The molecule has 4 heteroatoms. The minimum absolute atomic E-state index is 0.150. The van der Waals surface area contributed by atoms with Crippen molar-refractivity contribution in [2.24, 2.45) is 5.92 Å². The van der Waals surface area contributed by atoms with E-state index < -0.39 is 5.97 Å². The number of carboxylic acids is 1. The molecule has 0 bridgehead atoms. The summed E-state index contributed by atoms with van der Waals surface area (Å²) in [6, 6.07) is 6.16. The summed E-state index contributed by atoms with van der Waals surface area (Å²) in [5, 5.41) is 8.77. The number of hydrogen-bond acceptors (Lipinski definition) is 3. The van der Waals surface area contributed by atoms with Gasteiger partial charge in [-0.15, -0.1) is 11.8 Å². The van der Waals surface area contributed by atoms with Gasteiger partial charge in [0.25, 0.3) is 0 Å². The minimum Gasteiger partial charge on any atom is -0.493 e. The number of benzene rings is 1. The first-order valence-electron chi connectivity index (χ1n) is 6.96. The molecule has 3 nitrogen and oxygen atoms in total. The van der Waals surface area contributed by atoms with E-state index in [1.165, 1.54) is 17.3 Å². The number of ether oxygens (including phenoxy) is 1. The van der Waals surface area contributed by atoms with Crippen LogP contribution < -0.4 is 4.74 Å². The average molecular weight is 296 g/mol. The van der Waals surface area contributed by atoms with Crippen LogP contribution in [0.4, 0.5) is 0 Å². The van der Waals surface area contributed by atoms with Crippen molar-refractivity contribution in [1.29, 1.82) is 0 Å². The molecule has 0 aromatic heterocycles. The molecule has 20 heavy (non-hydrogen) atoms. The van der Waals surface area contributed by atoms with Gasteiger partial charge in [0.05, 0.1) is 6.61 Å². The van der Waals surface area contributed by atoms with E-state index in [1.54, 1.807) is 0 Å². The summed E-state index contributed by atoms with van der Waals surface area (Å²) in [7, 11) is 0. The van der Waals surface area contributed by atoms with E-state index in [2.05, 4.69) is 12.1 Å². The quantitative estimate of drug-likeness (QED) is 0.739. The molecule has 1 rings (SSSR count). The highest BCUT2D eigenvalue weighted by Crippen LogP contribution is 2.22. The molecule has 1 aromatic carbocycles. The van der Waals surface area contributed by atoms with Crippen LogP contribution in [0.1, 0.15) is 31.4 Å². The molecule has 0 heterocycles. The second-order valence-corrected chi connectivity index (χ2v) is 6.59. The van der Waals surface area contributed by atoms with E-state index in [-0.39, 0.29) is 11.2 Å². The zero-order valence-electron chi connectivity index (χ0n) is 12.7. The van der Waals surface area contributed by atoms with Crippen LogP contribution in [0.15, 0.2) is 18.2 Å². The number of carboxylic acid groups (broad SMARTS) is 1. The molecule has 0 saturated carbocycles. The normalized spacial score (nSPS) is 12.4. The molecule has 0 fully saturated rings. The Balaban J connectivity index is 2.31. The summed E-state index contributed by atoms with van der Waals surface area (Å²) in [5.74, 6) is 1.16. The first kappa shape index (κ1) is 16.9. The molecular formula is C16H24O3S. The molecule has 0 amide bonds. The third-order valence-electron chi connectivity index (χ3n) is 3.04. The van der Waals surface area contributed by atoms with Gasteiger partial charge in [0, 0.05) is 0 Å². The van der Waals surface area contributed by atoms with E-state index in [1.807, 2.05) is 33.8 Å². The van der Waals surface area contributed by atoms with E-state index in [0.29, 0.717) is 6.61 Å². The van der Waals surface area contributed by atoms with Gasteiger partial charge < -0.3 is 9.84 Å². The Morgan fingerprint density at radius 3 is 2.65 bits per heavy atom. The van der Waals surface area contributed by atoms with Crippen molar-refractivity contribution in [3.63, 3.8) is 0 Å².